The molecule has 1 aromatic heterocycles. The summed E-state index contributed by atoms with van der Waals surface area (Å²) in [5, 5.41) is 9.61. The van der Waals surface area contributed by atoms with Gasteiger partial charge in [-0.25, -0.2) is 9.78 Å². The largest absolute Gasteiger partial charge is 0.389 e. The predicted octanol–water partition coefficient (Wildman–Crippen LogP) is 2.46. The summed E-state index contributed by atoms with van der Waals surface area (Å²) in [5.74, 6) is 0.461. The summed E-state index contributed by atoms with van der Waals surface area (Å²) in [5.41, 5.74) is 3.63. The molecule has 0 saturated carbocycles. The monoisotopic (exact) mass is 412 g/mol. The van der Waals surface area contributed by atoms with E-state index in [1.54, 1.807) is 12.0 Å². The van der Waals surface area contributed by atoms with Crippen LogP contribution in [0.15, 0.2) is 36.8 Å². The Balaban J connectivity index is 1.54. The lowest BCUT2D eigenvalue weighted by Crippen LogP contribution is -2.59. The van der Waals surface area contributed by atoms with E-state index in [9.17, 15) is 9.90 Å². The van der Waals surface area contributed by atoms with Crippen molar-refractivity contribution in [2.24, 2.45) is 0 Å². The number of imidazole rings is 1. The molecule has 2 aromatic rings. The molecule has 7 heteroatoms. The summed E-state index contributed by atoms with van der Waals surface area (Å²) >= 11 is 0. The zero-order chi connectivity index (χ0) is 21.1. The van der Waals surface area contributed by atoms with Crippen LogP contribution in [0, 0.1) is 0 Å². The first-order valence-electron chi connectivity index (χ1n) is 10.9. The van der Waals surface area contributed by atoms with Gasteiger partial charge in [0, 0.05) is 44.8 Å². The number of aliphatic hydroxyl groups is 1. The lowest BCUT2D eigenvalue weighted by Gasteiger charge is -2.43. The number of carbonyl (C=O) groups excluding carboxylic acids is 1. The van der Waals surface area contributed by atoms with Crippen LogP contribution in [0.4, 0.5) is 4.79 Å². The first kappa shape index (κ1) is 20.9. The van der Waals surface area contributed by atoms with Crippen LogP contribution >= 0.6 is 0 Å². The van der Waals surface area contributed by atoms with Gasteiger partial charge in [-0.3, -0.25) is 0 Å². The Kier molecular flexibility index (Phi) is 6.39. The molecule has 2 atom stereocenters. The van der Waals surface area contributed by atoms with Gasteiger partial charge < -0.3 is 24.2 Å². The summed E-state index contributed by atoms with van der Waals surface area (Å²) in [6, 6.07) is 8.82. The summed E-state index contributed by atoms with van der Waals surface area (Å²) in [4.78, 5) is 21.4. The Morgan fingerprint density at radius 3 is 2.50 bits per heavy atom. The van der Waals surface area contributed by atoms with Crippen molar-refractivity contribution in [1.29, 1.82) is 0 Å². The maximum absolute atomic E-state index is 13.0. The van der Waals surface area contributed by atoms with Crippen molar-refractivity contribution in [3.05, 3.63) is 53.6 Å². The Morgan fingerprint density at radius 1 is 1.13 bits per heavy atom. The zero-order valence-electron chi connectivity index (χ0n) is 17.9. The van der Waals surface area contributed by atoms with E-state index in [-0.39, 0.29) is 24.0 Å². The van der Waals surface area contributed by atoms with Gasteiger partial charge in [0.2, 0.25) is 0 Å². The highest BCUT2D eigenvalue weighted by molar-refractivity contribution is 5.75. The van der Waals surface area contributed by atoms with Crippen LogP contribution < -0.4 is 0 Å². The second-order valence-corrected chi connectivity index (χ2v) is 8.50. The third kappa shape index (κ3) is 4.52. The maximum atomic E-state index is 13.0. The van der Waals surface area contributed by atoms with Gasteiger partial charge in [0.15, 0.2) is 0 Å². The number of likely N-dealkylation sites (tertiary alicyclic amines) is 2. The number of aromatic nitrogens is 2. The van der Waals surface area contributed by atoms with E-state index < -0.39 is 0 Å². The summed E-state index contributed by atoms with van der Waals surface area (Å²) < 4.78 is 7.22. The molecular formula is C23H32N4O3. The number of hydrogen-bond acceptors (Lipinski definition) is 4. The highest BCUT2D eigenvalue weighted by Crippen LogP contribution is 2.36. The molecule has 0 radical (unpaired) electrons. The van der Waals surface area contributed by atoms with Crippen molar-refractivity contribution in [2.45, 2.75) is 44.2 Å². The number of urea groups is 1. The molecule has 3 heterocycles. The highest BCUT2D eigenvalue weighted by Gasteiger charge is 2.37. The van der Waals surface area contributed by atoms with Crippen LogP contribution in [-0.2, 0) is 17.7 Å². The average molecular weight is 413 g/mol. The molecule has 1 aromatic carbocycles. The van der Waals surface area contributed by atoms with Crippen LogP contribution in [0.1, 0.15) is 42.0 Å². The highest BCUT2D eigenvalue weighted by atomic mass is 16.5. The van der Waals surface area contributed by atoms with Gasteiger partial charge in [0.05, 0.1) is 37.8 Å². The molecular weight excluding hydrogens is 380 g/mol. The van der Waals surface area contributed by atoms with Gasteiger partial charge in [0.25, 0.3) is 0 Å². The third-order valence-corrected chi connectivity index (χ3v) is 6.34. The SMILES string of the molecule is CCc1ccc(C2CC(c3cn(CCOC)cn3)CN(C(=O)N3CC(O)C3)C2)cc1. The standard InChI is InChI=1S/C23H32N4O3/c1-3-17-4-6-18(7-5-17)19-10-20(22-15-25(16-24-22)8-9-30-2)12-26(11-19)23(29)27-13-21(28)14-27/h4-7,15-16,19-21,28H,3,8-14H2,1-2H3. The predicted molar refractivity (Wildman–Crippen MR) is 115 cm³/mol. The first-order chi connectivity index (χ1) is 14.6. The average Bonchev–Trinajstić information content (AvgIpc) is 3.24. The van der Waals surface area contributed by atoms with Crippen molar-refractivity contribution < 1.29 is 14.6 Å². The van der Waals surface area contributed by atoms with Crippen molar-refractivity contribution in [2.75, 3.05) is 39.9 Å². The van der Waals surface area contributed by atoms with E-state index in [0.29, 0.717) is 32.8 Å². The Bertz CT molecular complexity index is 844. The Hall–Kier alpha value is -2.38. The van der Waals surface area contributed by atoms with Crippen LogP contribution in [0.25, 0.3) is 0 Å². The maximum Gasteiger partial charge on any atom is 0.320 e. The van der Waals surface area contributed by atoms with Crippen LogP contribution in [0.2, 0.25) is 0 Å². The van der Waals surface area contributed by atoms with E-state index in [2.05, 4.69) is 46.9 Å². The quantitative estimate of drug-likeness (QED) is 0.791. The number of nitrogens with zero attached hydrogens (tertiary/aromatic N) is 4. The van der Waals surface area contributed by atoms with Crippen LogP contribution in [0.5, 0.6) is 0 Å². The molecule has 2 fully saturated rings. The molecule has 30 heavy (non-hydrogen) atoms. The number of amides is 2. The molecule has 0 bridgehead atoms. The molecule has 2 amide bonds. The van der Waals surface area contributed by atoms with Gasteiger partial charge in [-0.05, 0) is 24.0 Å². The minimum absolute atomic E-state index is 0.0268. The second-order valence-electron chi connectivity index (χ2n) is 8.50. The van der Waals surface area contributed by atoms with Gasteiger partial charge in [-0.1, -0.05) is 31.2 Å². The number of aliphatic hydroxyl groups excluding tert-OH is 1. The van der Waals surface area contributed by atoms with Gasteiger partial charge in [-0.2, -0.15) is 0 Å². The van der Waals surface area contributed by atoms with E-state index in [4.69, 9.17) is 4.74 Å². The minimum atomic E-state index is -0.386. The number of rotatable bonds is 6. The van der Waals surface area contributed by atoms with Crippen LogP contribution in [-0.4, -0.2) is 76.5 Å². The number of β-amino-alcohol motifs (C(OH)–C–C–N with tert-alkyl or cyclic N) is 1. The van der Waals surface area contributed by atoms with Gasteiger partial charge in [-0.15, -0.1) is 0 Å². The van der Waals surface area contributed by atoms with Crippen molar-refractivity contribution in [3.8, 4) is 0 Å². The molecule has 1 N–H and O–H groups in total. The fraction of sp³-hybridized carbons (Fsp3) is 0.565. The van der Waals surface area contributed by atoms with E-state index in [1.807, 2.05) is 11.2 Å². The third-order valence-electron chi connectivity index (χ3n) is 6.34. The number of hydrogen-bond donors (Lipinski definition) is 1. The number of piperidine rings is 1. The van der Waals surface area contributed by atoms with Crippen molar-refractivity contribution in [3.63, 3.8) is 0 Å². The topological polar surface area (TPSA) is 70.8 Å². The van der Waals surface area contributed by atoms with Crippen LogP contribution in [0.3, 0.4) is 0 Å². The molecule has 2 aliphatic heterocycles. The first-order valence-corrected chi connectivity index (χ1v) is 10.9. The molecule has 2 saturated heterocycles. The van der Waals surface area contributed by atoms with Gasteiger partial charge in [0.1, 0.15) is 0 Å². The molecule has 2 aliphatic rings. The fourth-order valence-corrected chi connectivity index (χ4v) is 4.46. The molecule has 0 aliphatic carbocycles. The van der Waals surface area contributed by atoms with E-state index >= 15 is 0 Å². The summed E-state index contributed by atoms with van der Waals surface area (Å²) in [6.45, 7) is 5.81. The summed E-state index contributed by atoms with van der Waals surface area (Å²) in [6.07, 6.45) is 5.55. The zero-order valence-corrected chi connectivity index (χ0v) is 17.9. The Labute approximate surface area is 178 Å². The van der Waals surface area contributed by atoms with Gasteiger partial charge >= 0.3 is 6.03 Å². The lowest BCUT2D eigenvalue weighted by molar-refractivity contribution is 0.0116. The lowest BCUT2D eigenvalue weighted by atomic mass is 9.83. The second kappa shape index (κ2) is 9.18. The van der Waals surface area contributed by atoms with Crippen molar-refractivity contribution >= 4 is 6.03 Å². The molecule has 7 nitrogen and oxygen atoms in total. The fourth-order valence-electron chi connectivity index (χ4n) is 4.46. The van der Waals surface area contributed by atoms with Crippen molar-refractivity contribution in [1.82, 2.24) is 19.4 Å². The molecule has 4 rings (SSSR count). The molecule has 162 valence electrons. The minimum Gasteiger partial charge on any atom is -0.389 e. The number of carbonyl (C=O) groups is 1. The van der Waals surface area contributed by atoms with E-state index in [1.165, 1.54) is 11.1 Å². The summed E-state index contributed by atoms with van der Waals surface area (Å²) in [7, 11) is 1.70. The molecule has 2 unspecified atom stereocenters. The smallest absolute Gasteiger partial charge is 0.320 e. The number of methoxy groups -OCH3 is 1. The number of aryl methyl sites for hydroxylation is 1. The van der Waals surface area contributed by atoms with E-state index in [0.717, 1.165) is 25.1 Å². The number of benzene rings is 1. The Morgan fingerprint density at radius 2 is 1.83 bits per heavy atom. The molecule has 0 spiro atoms. The number of ether oxygens (including phenoxy) is 1. The normalized spacial score (nSPS) is 22.2.